The maximum Gasteiger partial charge on any atom is 0.317 e. The lowest BCUT2D eigenvalue weighted by Crippen LogP contribution is -2.39. The number of amides is 2. The van der Waals surface area contributed by atoms with Crippen LogP contribution < -0.4 is 14.8 Å². The molecule has 0 aliphatic carbocycles. The molecule has 7 nitrogen and oxygen atoms in total. The van der Waals surface area contributed by atoms with Gasteiger partial charge in [-0.1, -0.05) is 12.5 Å². The van der Waals surface area contributed by atoms with Gasteiger partial charge in [-0.3, -0.25) is 4.79 Å². The van der Waals surface area contributed by atoms with Crippen LogP contribution in [0.5, 0.6) is 11.5 Å². The highest BCUT2D eigenvalue weighted by atomic mass is 16.7. The minimum atomic E-state index is -0.190. The van der Waals surface area contributed by atoms with Crippen LogP contribution in [0.3, 0.4) is 0 Å². The number of esters is 1. The van der Waals surface area contributed by atoms with Crippen molar-refractivity contribution in [2.75, 3.05) is 27.0 Å². The van der Waals surface area contributed by atoms with Crippen LogP contribution in [0.25, 0.3) is 0 Å². The van der Waals surface area contributed by atoms with E-state index < -0.39 is 0 Å². The molecule has 1 aromatic rings. The number of hydrogen-bond donors (Lipinski definition) is 1. The number of carbonyl (C=O) groups excluding carboxylic acids is 2. The number of unbranched alkanes of at least 4 members (excludes halogenated alkanes) is 2. The summed E-state index contributed by atoms with van der Waals surface area (Å²) in [6.07, 6.45) is 2.92. The molecule has 1 aromatic carbocycles. The molecule has 0 bridgehead atoms. The molecule has 0 saturated carbocycles. The highest BCUT2D eigenvalue weighted by Crippen LogP contribution is 2.32. The molecule has 2 amide bonds. The fourth-order valence-corrected chi connectivity index (χ4v) is 2.57. The van der Waals surface area contributed by atoms with Crippen molar-refractivity contribution in [3.05, 3.63) is 23.8 Å². The molecule has 7 heteroatoms. The van der Waals surface area contributed by atoms with Gasteiger partial charge in [0, 0.05) is 26.1 Å². The van der Waals surface area contributed by atoms with Crippen molar-refractivity contribution in [2.45, 2.75) is 39.2 Å². The Hall–Kier alpha value is -2.44. The highest BCUT2D eigenvalue weighted by molar-refractivity contribution is 5.74. The van der Waals surface area contributed by atoms with Crippen LogP contribution in [0.1, 0.15) is 38.2 Å². The van der Waals surface area contributed by atoms with E-state index >= 15 is 0 Å². The normalized spacial score (nSPS) is 11.9. The zero-order chi connectivity index (χ0) is 18.1. The smallest absolute Gasteiger partial charge is 0.317 e. The number of methoxy groups -OCH3 is 1. The lowest BCUT2D eigenvalue weighted by atomic mass is 10.2. The molecular weight excluding hydrogens is 324 g/mol. The maximum atomic E-state index is 12.3. The highest BCUT2D eigenvalue weighted by Gasteiger charge is 2.16. The Balaban J connectivity index is 1.70. The lowest BCUT2D eigenvalue weighted by molar-refractivity contribution is -0.140. The van der Waals surface area contributed by atoms with Crippen LogP contribution in [0.15, 0.2) is 18.2 Å². The first-order chi connectivity index (χ1) is 12.1. The van der Waals surface area contributed by atoms with Crippen LogP contribution in [-0.2, 0) is 16.1 Å². The molecule has 1 aliphatic rings. The van der Waals surface area contributed by atoms with E-state index in [4.69, 9.17) is 9.47 Å². The number of benzene rings is 1. The van der Waals surface area contributed by atoms with Crippen molar-refractivity contribution >= 4 is 12.0 Å². The summed E-state index contributed by atoms with van der Waals surface area (Å²) >= 11 is 0. The van der Waals surface area contributed by atoms with Gasteiger partial charge in [-0.15, -0.1) is 0 Å². The molecule has 0 fully saturated rings. The van der Waals surface area contributed by atoms with Gasteiger partial charge >= 0.3 is 12.0 Å². The van der Waals surface area contributed by atoms with E-state index in [-0.39, 0.29) is 18.8 Å². The molecule has 2 rings (SSSR count). The minimum Gasteiger partial charge on any atom is -0.469 e. The number of nitrogens with one attached hydrogen (secondary N) is 1. The zero-order valence-electron chi connectivity index (χ0n) is 14.9. The average molecular weight is 350 g/mol. The summed E-state index contributed by atoms with van der Waals surface area (Å²) in [5.41, 5.74) is 0.999. The van der Waals surface area contributed by atoms with Gasteiger partial charge in [-0.05, 0) is 37.5 Å². The van der Waals surface area contributed by atoms with Crippen LogP contribution in [-0.4, -0.2) is 43.9 Å². The van der Waals surface area contributed by atoms with Gasteiger partial charge in [0.05, 0.1) is 7.11 Å². The Morgan fingerprint density at radius 3 is 2.76 bits per heavy atom. The SMILES string of the molecule is CCN(Cc1ccc2c(c1)OCO2)C(=O)NCCCCCC(=O)OC. The van der Waals surface area contributed by atoms with Crippen molar-refractivity contribution in [1.29, 1.82) is 0 Å². The summed E-state index contributed by atoms with van der Waals surface area (Å²) < 4.78 is 15.3. The molecule has 138 valence electrons. The number of rotatable bonds is 9. The molecule has 0 spiro atoms. The number of urea groups is 1. The van der Waals surface area contributed by atoms with Gasteiger partial charge < -0.3 is 24.4 Å². The Labute approximate surface area is 148 Å². The molecule has 0 saturated heterocycles. The fourth-order valence-electron chi connectivity index (χ4n) is 2.57. The Morgan fingerprint density at radius 2 is 2.00 bits per heavy atom. The van der Waals surface area contributed by atoms with Crippen LogP contribution in [0.2, 0.25) is 0 Å². The quantitative estimate of drug-likeness (QED) is 0.547. The van der Waals surface area contributed by atoms with E-state index in [2.05, 4.69) is 10.1 Å². The molecule has 0 atom stereocenters. The van der Waals surface area contributed by atoms with Crippen LogP contribution in [0, 0.1) is 0 Å². The summed E-state index contributed by atoms with van der Waals surface area (Å²) in [7, 11) is 1.39. The Bertz CT molecular complexity index is 591. The standard InChI is InChI=1S/C18H26N2O5/c1-3-20(12-14-8-9-15-16(11-14)25-13-24-15)18(22)19-10-6-4-5-7-17(21)23-2/h8-9,11H,3-7,10,12-13H2,1-2H3,(H,19,22). The van der Waals surface area contributed by atoms with Crippen molar-refractivity contribution in [3.8, 4) is 11.5 Å². The molecule has 1 aliphatic heterocycles. The minimum absolute atomic E-state index is 0.0897. The second-order valence-electron chi connectivity index (χ2n) is 5.82. The van der Waals surface area contributed by atoms with E-state index in [0.717, 1.165) is 36.3 Å². The van der Waals surface area contributed by atoms with Crippen molar-refractivity contribution in [1.82, 2.24) is 10.2 Å². The van der Waals surface area contributed by atoms with Crippen molar-refractivity contribution in [2.24, 2.45) is 0 Å². The van der Waals surface area contributed by atoms with Gasteiger partial charge in [0.25, 0.3) is 0 Å². The number of fused-ring (bicyclic) bond motifs is 1. The monoisotopic (exact) mass is 350 g/mol. The zero-order valence-corrected chi connectivity index (χ0v) is 14.9. The summed E-state index contributed by atoms with van der Waals surface area (Å²) in [5, 5.41) is 2.92. The third-order valence-corrected chi connectivity index (χ3v) is 4.04. The molecule has 0 unspecified atom stereocenters. The van der Waals surface area contributed by atoms with E-state index in [1.165, 1.54) is 7.11 Å². The van der Waals surface area contributed by atoms with Gasteiger partial charge in [-0.2, -0.15) is 0 Å². The molecule has 1 heterocycles. The first-order valence-electron chi connectivity index (χ1n) is 8.62. The largest absolute Gasteiger partial charge is 0.469 e. The molecule has 0 aromatic heterocycles. The number of nitrogens with zero attached hydrogens (tertiary/aromatic N) is 1. The van der Waals surface area contributed by atoms with E-state index in [1.54, 1.807) is 4.90 Å². The van der Waals surface area contributed by atoms with Gasteiger partial charge in [0.15, 0.2) is 11.5 Å². The van der Waals surface area contributed by atoms with Crippen molar-refractivity contribution < 1.29 is 23.8 Å². The first kappa shape index (κ1) is 18.9. The number of ether oxygens (including phenoxy) is 3. The molecular formula is C18H26N2O5. The van der Waals surface area contributed by atoms with Gasteiger partial charge in [-0.25, -0.2) is 4.79 Å². The first-order valence-corrected chi connectivity index (χ1v) is 8.62. The van der Waals surface area contributed by atoms with Crippen molar-refractivity contribution in [3.63, 3.8) is 0 Å². The summed E-state index contributed by atoms with van der Waals surface area (Å²) in [5.74, 6) is 1.27. The Morgan fingerprint density at radius 1 is 1.20 bits per heavy atom. The average Bonchev–Trinajstić information content (AvgIpc) is 3.09. The van der Waals surface area contributed by atoms with Gasteiger partial charge in [0.2, 0.25) is 6.79 Å². The number of hydrogen-bond acceptors (Lipinski definition) is 5. The number of carbonyl (C=O) groups is 2. The second kappa shape index (κ2) is 9.76. The molecule has 0 radical (unpaired) electrons. The third-order valence-electron chi connectivity index (χ3n) is 4.04. The summed E-state index contributed by atoms with van der Waals surface area (Å²) in [6, 6.07) is 5.62. The summed E-state index contributed by atoms with van der Waals surface area (Å²) in [4.78, 5) is 25.0. The summed E-state index contributed by atoms with van der Waals surface area (Å²) in [6.45, 7) is 3.91. The Kier molecular flexibility index (Phi) is 7.37. The predicted octanol–water partition coefficient (Wildman–Crippen LogP) is 2.68. The van der Waals surface area contributed by atoms with E-state index in [0.29, 0.717) is 26.1 Å². The van der Waals surface area contributed by atoms with E-state index in [1.807, 2.05) is 25.1 Å². The predicted molar refractivity (Wildman–Crippen MR) is 92.5 cm³/mol. The fraction of sp³-hybridized carbons (Fsp3) is 0.556. The van der Waals surface area contributed by atoms with Crippen LogP contribution in [0.4, 0.5) is 4.79 Å². The van der Waals surface area contributed by atoms with Gasteiger partial charge in [0.1, 0.15) is 0 Å². The maximum absolute atomic E-state index is 12.3. The lowest BCUT2D eigenvalue weighted by Gasteiger charge is -2.21. The van der Waals surface area contributed by atoms with Crippen LogP contribution >= 0.6 is 0 Å². The molecule has 1 N–H and O–H groups in total. The second-order valence-corrected chi connectivity index (χ2v) is 5.82. The molecule has 25 heavy (non-hydrogen) atoms. The topological polar surface area (TPSA) is 77.1 Å². The van der Waals surface area contributed by atoms with E-state index in [9.17, 15) is 9.59 Å². The third kappa shape index (κ3) is 5.85.